The molecular formula is C15H23N. The van der Waals surface area contributed by atoms with Crippen LogP contribution < -0.4 is 0 Å². The normalized spacial score (nSPS) is 12.3. The topological polar surface area (TPSA) is 12.4 Å². The largest absolute Gasteiger partial charge is 0.258 e. The van der Waals surface area contributed by atoms with Gasteiger partial charge in [0.2, 0.25) is 0 Å². The lowest BCUT2D eigenvalue weighted by molar-refractivity contribution is 0.682. The Morgan fingerprint density at radius 1 is 1.12 bits per heavy atom. The minimum Gasteiger partial charge on any atom is -0.258 e. The number of aliphatic imine (C=N–C) groups is 1. The molecule has 0 spiro atoms. The van der Waals surface area contributed by atoms with E-state index in [1.807, 2.05) is 0 Å². The quantitative estimate of drug-likeness (QED) is 0.648. The lowest BCUT2D eigenvalue weighted by Crippen LogP contribution is -1.98. The van der Waals surface area contributed by atoms with Crippen LogP contribution in [0.3, 0.4) is 0 Å². The van der Waals surface area contributed by atoms with Crippen molar-refractivity contribution in [2.24, 2.45) is 10.9 Å². The first-order valence-corrected chi connectivity index (χ1v) is 6.02. The molecule has 1 heteroatoms. The summed E-state index contributed by atoms with van der Waals surface area (Å²) in [6.45, 7) is 13.0. The Labute approximate surface area is 99.6 Å². The van der Waals surface area contributed by atoms with Crippen LogP contribution in [0.2, 0.25) is 0 Å². The van der Waals surface area contributed by atoms with E-state index in [4.69, 9.17) is 4.99 Å². The minimum atomic E-state index is 0.676. The highest BCUT2D eigenvalue weighted by Gasteiger charge is 2.04. The summed E-state index contributed by atoms with van der Waals surface area (Å²) in [6, 6.07) is 4.41. The van der Waals surface area contributed by atoms with Crippen molar-refractivity contribution < 1.29 is 0 Å². The van der Waals surface area contributed by atoms with E-state index in [9.17, 15) is 0 Å². The molecule has 0 aliphatic rings. The molecule has 0 aliphatic carbocycles. The van der Waals surface area contributed by atoms with Gasteiger partial charge >= 0.3 is 0 Å². The van der Waals surface area contributed by atoms with Crippen LogP contribution in [0.15, 0.2) is 17.1 Å². The Balaban J connectivity index is 3.05. The van der Waals surface area contributed by atoms with Gasteiger partial charge in [-0.2, -0.15) is 0 Å². The van der Waals surface area contributed by atoms with Gasteiger partial charge in [-0.1, -0.05) is 31.5 Å². The molecule has 1 nitrogen and oxygen atoms in total. The lowest BCUT2D eigenvalue weighted by atomic mass is 10.0. The SMILES string of the molecule is CC(CC(C)C)=Nc1c(C)cc(C)cc1C. The van der Waals surface area contributed by atoms with Crippen molar-refractivity contribution in [3.63, 3.8) is 0 Å². The standard InChI is InChI=1S/C15H23N/c1-10(2)7-14(6)16-15-12(4)8-11(3)9-13(15)5/h8-10H,7H2,1-6H3. The Kier molecular flexibility index (Phi) is 4.28. The maximum atomic E-state index is 4.76. The fraction of sp³-hybridized carbons (Fsp3) is 0.533. The second-order valence-corrected chi connectivity index (χ2v) is 5.19. The highest BCUT2D eigenvalue weighted by atomic mass is 14.7. The van der Waals surface area contributed by atoms with E-state index in [2.05, 4.69) is 53.7 Å². The van der Waals surface area contributed by atoms with Gasteiger partial charge in [0.25, 0.3) is 0 Å². The van der Waals surface area contributed by atoms with Gasteiger partial charge in [0.15, 0.2) is 0 Å². The Hall–Kier alpha value is -1.11. The highest BCUT2D eigenvalue weighted by molar-refractivity contribution is 5.85. The fourth-order valence-corrected chi connectivity index (χ4v) is 2.18. The second-order valence-electron chi connectivity index (χ2n) is 5.19. The number of hydrogen-bond donors (Lipinski definition) is 0. The monoisotopic (exact) mass is 217 g/mol. The van der Waals surface area contributed by atoms with Crippen LogP contribution in [0.25, 0.3) is 0 Å². The Morgan fingerprint density at radius 3 is 2.06 bits per heavy atom. The molecule has 0 atom stereocenters. The molecule has 0 aliphatic heterocycles. The van der Waals surface area contributed by atoms with Crippen LogP contribution >= 0.6 is 0 Å². The third kappa shape index (κ3) is 3.48. The predicted octanol–water partition coefficient (Wildman–Crippen LogP) is 4.75. The maximum Gasteiger partial charge on any atom is 0.0687 e. The van der Waals surface area contributed by atoms with Crippen LogP contribution in [-0.4, -0.2) is 5.71 Å². The van der Waals surface area contributed by atoms with Crippen LogP contribution in [0.5, 0.6) is 0 Å². The summed E-state index contributed by atoms with van der Waals surface area (Å²) in [5.74, 6) is 0.676. The van der Waals surface area contributed by atoms with E-state index in [1.165, 1.54) is 22.4 Å². The summed E-state index contributed by atoms with van der Waals surface area (Å²) in [5, 5.41) is 0. The third-order valence-corrected chi connectivity index (χ3v) is 2.64. The molecule has 1 aromatic rings. The average Bonchev–Trinajstić information content (AvgIpc) is 2.09. The molecule has 0 heterocycles. The van der Waals surface area contributed by atoms with Gasteiger partial charge in [0, 0.05) is 5.71 Å². The first-order valence-electron chi connectivity index (χ1n) is 6.02. The number of nitrogens with zero attached hydrogens (tertiary/aromatic N) is 1. The Bertz CT molecular complexity index is 377. The first kappa shape index (κ1) is 13.0. The summed E-state index contributed by atoms with van der Waals surface area (Å²) in [6.07, 6.45) is 1.08. The molecule has 0 amide bonds. The summed E-state index contributed by atoms with van der Waals surface area (Å²) < 4.78 is 0. The van der Waals surface area contributed by atoms with E-state index >= 15 is 0 Å². The summed E-state index contributed by atoms with van der Waals surface area (Å²) in [4.78, 5) is 4.76. The number of rotatable bonds is 3. The molecule has 1 rings (SSSR count). The number of aryl methyl sites for hydroxylation is 3. The predicted molar refractivity (Wildman–Crippen MR) is 72.9 cm³/mol. The molecule has 0 fully saturated rings. The van der Waals surface area contributed by atoms with Crippen molar-refractivity contribution in [2.75, 3.05) is 0 Å². The molecule has 0 radical (unpaired) electrons. The molecule has 16 heavy (non-hydrogen) atoms. The summed E-state index contributed by atoms with van der Waals surface area (Å²) in [7, 11) is 0. The van der Waals surface area contributed by atoms with E-state index in [0.717, 1.165) is 12.1 Å². The van der Waals surface area contributed by atoms with Crippen LogP contribution in [-0.2, 0) is 0 Å². The smallest absolute Gasteiger partial charge is 0.0687 e. The molecule has 0 aromatic heterocycles. The summed E-state index contributed by atoms with van der Waals surface area (Å²) in [5.41, 5.74) is 6.26. The zero-order chi connectivity index (χ0) is 12.3. The summed E-state index contributed by atoms with van der Waals surface area (Å²) >= 11 is 0. The minimum absolute atomic E-state index is 0.676. The van der Waals surface area contributed by atoms with Crippen LogP contribution in [0.1, 0.15) is 43.9 Å². The van der Waals surface area contributed by atoms with E-state index in [1.54, 1.807) is 0 Å². The maximum absolute atomic E-state index is 4.76. The number of benzene rings is 1. The van der Waals surface area contributed by atoms with Crippen molar-refractivity contribution in [3.8, 4) is 0 Å². The molecule has 0 unspecified atom stereocenters. The second kappa shape index (κ2) is 5.29. The molecule has 0 saturated carbocycles. The van der Waals surface area contributed by atoms with Gasteiger partial charge in [-0.25, -0.2) is 0 Å². The number of hydrogen-bond acceptors (Lipinski definition) is 1. The van der Waals surface area contributed by atoms with E-state index in [-0.39, 0.29) is 0 Å². The third-order valence-electron chi connectivity index (χ3n) is 2.64. The fourth-order valence-electron chi connectivity index (χ4n) is 2.18. The van der Waals surface area contributed by atoms with Gasteiger partial charge in [0.1, 0.15) is 0 Å². The van der Waals surface area contributed by atoms with Crippen LogP contribution in [0.4, 0.5) is 5.69 Å². The van der Waals surface area contributed by atoms with Gasteiger partial charge in [-0.15, -0.1) is 0 Å². The molecule has 88 valence electrons. The molecule has 0 N–H and O–H groups in total. The van der Waals surface area contributed by atoms with Gasteiger partial charge < -0.3 is 0 Å². The molecule has 0 bridgehead atoms. The van der Waals surface area contributed by atoms with Crippen molar-refractivity contribution in [2.45, 2.75) is 48.0 Å². The Morgan fingerprint density at radius 2 is 1.62 bits per heavy atom. The van der Waals surface area contributed by atoms with Gasteiger partial charge in [0.05, 0.1) is 5.69 Å². The van der Waals surface area contributed by atoms with Gasteiger partial charge in [-0.3, -0.25) is 4.99 Å². The van der Waals surface area contributed by atoms with Crippen LogP contribution in [0, 0.1) is 26.7 Å². The van der Waals surface area contributed by atoms with Gasteiger partial charge in [-0.05, 0) is 51.2 Å². The first-order chi connectivity index (χ1) is 7.40. The van der Waals surface area contributed by atoms with Crippen molar-refractivity contribution >= 4 is 11.4 Å². The molecule has 1 aromatic carbocycles. The van der Waals surface area contributed by atoms with E-state index in [0.29, 0.717) is 5.92 Å². The lowest BCUT2D eigenvalue weighted by Gasteiger charge is -2.09. The average molecular weight is 217 g/mol. The van der Waals surface area contributed by atoms with Crippen molar-refractivity contribution in [3.05, 3.63) is 28.8 Å². The zero-order valence-corrected chi connectivity index (χ0v) is 11.4. The highest BCUT2D eigenvalue weighted by Crippen LogP contribution is 2.25. The molecule has 0 saturated heterocycles. The molecular weight excluding hydrogens is 194 g/mol. The zero-order valence-electron chi connectivity index (χ0n) is 11.4. The van der Waals surface area contributed by atoms with E-state index < -0.39 is 0 Å². The van der Waals surface area contributed by atoms with Crippen molar-refractivity contribution in [1.82, 2.24) is 0 Å². The van der Waals surface area contributed by atoms with Crippen molar-refractivity contribution in [1.29, 1.82) is 0 Å².